The standard InChI is InChI=1S/C12H9BrClN3O/c13-7-3-4-10(9(14)6-7)18-12-8(11(15)16)2-1-5-17-12/h1-6H,(H3,15,16). The van der Waals surface area contributed by atoms with Crippen LogP contribution in [0.15, 0.2) is 41.0 Å². The highest BCUT2D eigenvalue weighted by atomic mass is 79.9. The second kappa shape index (κ2) is 5.37. The lowest BCUT2D eigenvalue weighted by molar-refractivity contribution is 0.462. The molecular formula is C12H9BrClN3O. The lowest BCUT2D eigenvalue weighted by Crippen LogP contribution is -2.12. The van der Waals surface area contributed by atoms with Crippen molar-refractivity contribution in [1.82, 2.24) is 4.98 Å². The van der Waals surface area contributed by atoms with Crippen LogP contribution in [0.25, 0.3) is 0 Å². The zero-order chi connectivity index (χ0) is 13.1. The second-order valence-corrected chi connectivity index (χ2v) is 4.77. The van der Waals surface area contributed by atoms with Gasteiger partial charge in [0.05, 0.1) is 10.6 Å². The van der Waals surface area contributed by atoms with Crippen LogP contribution in [0, 0.1) is 5.41 Å². The molecule has 0 fully saturated rings. The summed E-state index contributed by atoms with van der Waals surface area (Å²) in [5.74, 6) is 0.613. The van der Waals surface area contributed by atoms with E-state index >= 15 is 0 Å². The van der Waals surface area contributed by atoms with Crippen molar-refractivity contribution < 1.29 is 4.74 Å². The van der Waals surface area contributed by atoms with Crippen LogP contribution in [0.5, 0.6) is 11.6 Å². The van der Waals surface area contributed by atoms with Crippen molar-refractivity contribution in [2.45, 2.75) is 0 Å². The fraction of sp³-hybridized carbons (Fsp3) is 0. The van der Waals surface area contributed by atoms with E-state index in [9.17, 15) is 0 Å². The van der Waals surface area contributed by atoms with E-state index in [1.54, 1.807) is 36.5 Å². The Hall–Kier alpha value is -1.59. The number of pyridine rings is 1. The number of halogens is 2. The molecule has 0 aliphatic heterocycles. The molecule has 0 saturated heterocycles. The third-order valence-electron chi connectivity index (χ3n) is 2.16. The predicted octanol–water partition coefficient (Wildman–Crippen LogP) is 3.57. The summed E-state index contributed by atoms with van der Waals surface area (Å²) < 4.78 is 6.43. The molecule has 3 N–H and O–H groups in total. The molecule has 0 atom stereocenters. The van der Waals surface area contributed by atoms with E-state index in [4.69, 9.17) is 27.5 Å². The summed E-state index contributed by atoms with van der Waals surface area (Å²) in [4.78, 5) is 4.05. The molecule has 2 aromatic rings. The number of nitrogens with one attached hydrogen (secondary N) is 1. The summed E-state index contributed by atoms with van der Waals surface area (Å²) in [5, 5.41) is 7.90. The molecule has 0 spiro atoms. The van der Waals surface area contributed by atoms with Gasteiger partial charge in [-0.2, -0.15) is 0 Å². The number of nitrogens with zero attached hydrogens (tertiary/aromatic N) is 1. The number of hydrogen-bond donors (Lipinski definition) is 2. The first kappa shape index (κ1) is 12.9. The highest BCUT2D eigenvalue weighted by Crippen LogP contribution is 2.31. The van der Waals surface area contributed by atoms with Crippen LogP contribution >= 0.6 is 27.5 Å². The van der Waals surface area contributed by atoms with Crippen LogP contribution in [0.3, 0.4) is 0 Å². The first-order valence-electron chi connectivity index (χ1n) is 5.00. The molecule has 0 radical (unpaired) electrons. The van der Waals surface area contributed by atoms with E-state index in [-0.39, 0.29) is 11.7 Å². The Labute approximate surface area is 117 Å². The molecule has 4 nitrogen and oxygen atoms in total. The summed E-state index contributed by atoms with van der Waals surface area (Å²) in [7, 11) is 0. The Morgan fingerprint density at radius 3 is 2.83 bits per heavy atom. The second-order valence-electron chi connectivity index (χ2n) is 3.45. The van der Waals surface area contributed by atoms with Crippen LogP contribution in [-0.2, 0) is 0 Å². The van der Waals surface area contributed by atoms with Gasteiger partial charge in [0.2, 0.25) is 5.88 Å². The molecule has 0 unspecified atom stereocenters. The molecule has 0 amide bonds. The molecule has 1 aromatic carbocycles. The number of aromatic nitrogens is 1. The Bertz CT molecular complexity index is 604. The van der Waals surface area contributed by atoms with Gasteiger partial charge in [-0.3, -0.25) is 5.41 Å². The number of hydrogen-bond acceptors (Lipinski definition) is 3. The van der Waals surface area contributed by atoms with Gasteiger partial charge < -0.3 is 10.5 Å². The SMILES string of the molecule is N=C(N)c1cccnc1Oc1ccc(Br)cc1Cl. The molecular weight excluding hydrogens is 318 g/mol. The van der Waals surface area contributed by atoms with Crippen molar-refractivity contribution in [1.29, 1.82) is 5.41 Å². The number of nitrogen functional groups attached to an aromatic ring is 1. The van der Waals surface area contributed by atoms with E-state index in [1.165, 1.54) is 0 Å². The van der Waals surface area contributed by atoms with Gasteiger partial charge in [0.15, 0.2) is 0 Å². The minimum absolute atomic E-state index is 0.105. The van der Waals surface area contributed by atoms with Crippen LogP contribution in [0.1, 0.15) is 5.56 Å². The summed E-state index contributed by atoms with van der Waals surface area (Å²) in [5.41, 5.74) is 5.88. The van der Waals surface area contributed by atoms with Gasteiger partial charge in [0.25, 0.3) is 0 Å². The van der Waals surface area contributed by atoms with Gasteiger partial charge >= 0.3 is 0 Å². The first-order chi connectivity index (χ1) is 8.58. The highest BCUT2D eigenvalue weighted by Gasteiger charge is 2.10. The van der Waals surface area contributed by atoms with E-state index < -0.39 is 0 Å². The molecule has 18 heavy (non-hydrogen) atoms. The Balaban J connectivity index is 2.37. The molecule has 6 heteroatoms. The van der Waals surface area contributed by atoms with Crippen molar-refractivity contribution in [2.24, 2.45) is 5.73 Å². The third kappa shape index (κ3) is 2.80. The van der Waals surface area contributed by atoms with Gasteiger partial charge in [0, 0.05) is 10.7 Å². The first-order valence-corrected chi connectivity index (χ1v) is 6.17. The van der Waals surface area contributed by atoms with Crippen molar-refractivity contribution >= 4 is 33.4 Å². The smallest absolute Gasteiger partial charge is 0.230 e. The Morgan fingerprint density at radius 2 is 2.17 bits per heavy atom. The van der Waals surface area contributed by atoms with Crippen molar-refractivity contribution in [3.63, 3.8) is 0 Å². The molecule has 0 aliphatic carbocycles. The van der Waals surface area contributed by atoms with Crippen LogP contribution < -0.4 is 10.5 Å². The van der Waals surface area contributed by atoms with Gasteiger partial charge in [-0.1, -0.05) is 27.5 Å². The van der Waals surface area contributed by atoms with Gasteiger partial charge in [-0.05, 0) is 30.3 Å². The molecule has 1 aromatic heterocycles. The number of amidine groups is 1. The van der Waals surface area contributed by atoms with Gasteiger partial charge in [-0.15, -0.1) is 0 Å². The van der Waals surface area contributed by atoms with Crippen molar-refractivity contribution in [3.8, 4) is 11.6 Å². The van der Waals surface area contributed by atoms with E-state index in [0.717, 1.165) is 4.47 Å². The number of ether oxygens (including phenoxy) is 1. The normalized spacial score (nSPS) is 10.1. The zero-order valence-electron chi connectivity index (χ0n) is 9.15. The highest BCUT2D eigenvalue weighted by molar-refractivity contribution is 9.10. The fourth-order valence-corrected chi connectivity index (χ4v) is 2.05. The minimum Gasteiger partial charge on any atom is -0.437 e. The molecule has 1 heterocycles. The number of benzene rings is 1. The van der Waals surface area contributed by atoms with Crippen LogP contribution in [0.4, 0.5) is 0 Å². The topological polar surface area (TPSA) is 72.0 Å². The van der Waals surface area contributed by atoms with Crippen molar-refractivity contribution in [2.75, 3.05) is 0 Å². The molecule has 2 rings (SSSR count). The predicted molar refractivity (Wildman–Crippen MR) is 74.5 cm³/mol. The zero-order valence-corrected chi connectivity index (χ0v) is 11.5. The number of nitrogens with two attached hydrogens (primary N) is 1. The van der Waals surface area contributed by atoms with Crippen LogP contribution in [0.2, 0.25) is 5.02 Å². The largest absolute Gasteiger partial charge is 0.437 e. The number of rotatable bonds is 3. The van der Waals surface area contributed by atoms with E-state index in [1.807, 2.05) is 0 Å². The lowest BCUT2D eigenvalue weighted by Gasteiger charge is -2.10. The monoisotopic (exact) mass is 325 g/mol. The summed E-state index contributed by atoms with van der Waals surface area (Å²) in [6.07, 6.45) is 1.56. The summed E-state index contributed by atoms with van der Waals surface area (Å²) in [6, 6.07) is 8.58. The lowest BCUT2D eigenvalue weighted by atomic mass is 10.2. The van der Waals surface area contributed by atoms with E-state index in [0.29, 0.717) is 16.3 Å². The Kier molecular flexibility index (Phi) is 3.84. The van der Waals surface area contributed by atoms with Crippen molar-refractivity contribution in [3.05, 3.63) is 51.6 Å². The average molecular weight is 327 g/mol. The maximum atomic E-state index is 7.45. The molecule has 92 valence electrons. The van der Waals surface area contributed by atoms with Gasteiger partial charge in [-0.25, -0.2) is 4.98 Å². The van der Waals surface area contributed by atoms with E-state index in [2.05, 4.69) is 20.9 Å². The maximum absolute atomic E-state index is 7.45. The Morgan fingerprint density at radius 1 is 1.39 bits per heavy atom. The minimum atomic E-state index is -0.105. The van der Waals surface area contributed by atoms with Crippen LogP contribution in [-0.4, -0.2) is 10.8 Å². The summed E-state index contributed by atoms with van der Waals surface area (Å²) >= 11 is 9.35. The maximum Gasteiger partial charge on any atom is 0.230 e. The molecule has 0 bridgehead atoms. The van der Waals surface area contributed by atoms with Gasteiger partial charge in [0.1, 0.15) is 11.6 Å². The molecule has 0 aliphatic rings. The average Bonchev–Trinajstić information content (AvgIpc) is 2.33. The fourth-order valence-electron chi connectivity index (χ4n) is 1.34. The third-order valence-corrected chi connectivity index (χ3v) is 2.95. The molecule has 0 saturated carbocycles. The summed E-state index contributed by atoms with van der Waals surface area (Å²) in [6.45, 7) is 0. The quantitative estimate of drug-likeness (QED) is 0.669.